The van der Waals surface area contributed by atoms with Crippen LogP contribution in [0.2, 0.25) is 0 Å². The number of nitrogens with zero attached hydrogens (tertiary/aromatic N) is 1. The van der Waals surface area contributed by atoms with Gasteiger partial charge < -0.3 is 5.32 Å². The summed E-state index contributed by atoms with van der Waals surface area (Å²) in [6, 6.07) is 1.87. The van der Waals surface area contributed by atoms with Gasteiger partial charge in [0.05, 0.1) is 0 Å². The van der Waals surface area contributed by atoms with Crippen molar-refractivity contribution in [3.63, 3.8) is 0 Å². The summed E-state index contributed by atoms with van der Waals surface area (Å²) in [5.74, 6) is 1.96. The molecule has 2 heteroatoms. The number of likely N-dealkylation sites (tertiary alicyclic amines) is 1. The first kappa shape index (κ1) is 9.17. The van der Waals surface area contributed by atoms with Crippen molar-refractivity contribution in [1.82, 2.24) is 10.2 Å². The molecule has 0 radical (unpaired) electrons. The van der Waals surface area contributed by atoms with Gasteiger partial charge in [-0.3, -0.25) is 4.90 Å². The third-order valence-corrected chi connectivity index (χ3v) is 4.50. The third kappa shape index (κ3) is 1.40. The highest BCUT2D eigenvalue weighted by Gasteiger charge is 2.44. The summed E-state index contributed by atoms with van der Waals surface area (Å²) in [7, 11) is 0. The van der Waals surface area contributed by atoms with Crippen LogP contribution in [0.4, 0.5) is 0 Å². The van der Waals surface area contributed by atoms with Gasteiger partial charge in [0, 0.05) is 12.1 Å². The zero-order valence-corrected chi connectivity index (χ0v) is 9.21. The average molecular weight is 194 g/mol. The molecule has 3 aliphatic rings. The molecule has 0 spiro atoms. The Bertz CT molecular complexity index is 210. The van der Waals surface area contributed by atoms with Crippen molar-refractivity contribution in [1.29, 1.82) is 0 Å². The molecule has 0 amide bonds. The first-order valence-electron chi connectivity index (χ1n) is 6.36. The Kier molecular flexibility index (Phi) is 2.29. The fourth-order valence-electron chi connectivity index (χ4n) is 3.64. The molecular formula is C12H22N2. The van der Waals surface area contributed by atoms with Crippen molar-refractivity contribution in [2.24, 2.45) is 11.8 Å². The van der Waals surface area contributed by atoms with E-state index in [1.54, 1.807) is 0 Å². The summed E-state index contributed by atoms with van der Waals surface area (Å²) >= 11 is 0. The molecule has 3 fully saturated rings. The summed E-state index contributed by atoms with van der Waals surface area (Å²) in [6.07, 6.45) is 5.76. The van der Waals surface area contributed by atoms with Crippen LogP contribution in [0.25, 0.3) is 0 Å². The van der Waals surface area contributed by atoms with E-state index < -0.39 is 0 Å². The highest BCUT2D eigenvalue weighted by atomic mass is 15.2. The SMILES string of the molecule is CCC1C2CNCC2CCN1C1CC1. The van der Waals surface area contributed by atoms with Crippen LogP contribution < -0.4 is 5.32 Å². The maximum absolute atomic E-state index is 3.58. The molecule has 3 unspecified atom stereocenters. The van der Waals surface area contributed by atoms with Gasteiger partial charge in [-0.2, -0.15) is 0 Å². The Morgan fingerprint density at radius 3 is 2.79 bits per heavy atom. The van der Waals surface area contributed by atoms with E-state index in [4.69, 9.17) is 0 Å². The minimum absolute atomic E-state index is 0.899. The monoisotopic (exact) mass is 194 g/mol. The summed E-state index contributed by atoms with van der Waals surface area (Å²) in [5.41, 5.74) is 0. The first-order chi connectivity index (χ1) is 6.90. The van der Waals surface area contributed by atoms with E-state index in [-0.39, 0.29) is 0 Å². The molecule has 1 saturated carbocycles. The minimum atomic E-state index is 0.899. The van der Waals surface area contributed by atoms with Gasteiger partial charge in [-0.15, -0.1) is 0 Å². The number of hydrogen-bond donors (Lipinski definition) is 1. The van der Waals surface area contributed by atoms with Crippen LogP contribution in [0.1, 0.15) is 32.6 Å². The predicted molar refractivity (Wildman–Crippen MR) is 58.3 cm³/mol. The van der Waals surface area contributed by atoms with Crippen LogP contribution in [-0.2, 0) is 0 Å². The maximum Gasteiger partial charge on any atom is 0.0139 e. The Balaban J connectivity index is 1.75. The summed E-state index contributed by atoms with van der Waals surface area (Å²) in [5, 5.41) is 3.58. The summed E-state index contributed by atoms with van der Waals surface area (Å²) in [4.78, 5) is 2.83. The lowest BCUT2D eigenvalue weighted by Crippen LogP contribution is -2.49. The van der Waals surface area contributed by atoms with Crippen LogP contribution in [0, 0.1) is 11.8 Å². The van der Waals surface area contributed by atoms with E-state index >= 15 is 0 Å². The molecule has 3 rings (SSSR count). The lowest BCUT2D eigenvalue weighted by Gasteiger charge is -2.42. The standard InChI is InChI=1S/C12H22N2/c1-2-12-11-8-13-7-9(11)5-6-14(12)10-3-4-10/h9-13H,2-8H2,1H3. The second-order valence-corrected chi connectivity index (χ2v) is 5.32. The largest absolute Gasteiger partial charge is 0.316 e. The normalized spacial score (nSPS) is 43.9. The molecule has 2 heterocycles. The molecule has 1 N–H and O–H groups in total. The topological polar surface area (TPSA) is 15.3 Å². The Hall–Kier alpha value is -0.0800. The smallest absolute Gasteiger partial charge is 0.0139 e. The Morgan fingerprint density at radius 2 is 2.07 bits per heavy atom. The number of fused-ring (bicyclic) bond motifs is 1. The molecule has 2 nitrogen and oxygen atoms in total. The molecule has 0 aromatic heterocycles. The fourth-order valence-corrected chi connectivity index (χ4v) is 3.64. The van der Waals surface area contributed by atoms with Gasteiger partial charge >= 0.3 is 0 Å². The van der Waals surface area contributed by atoms with E-state index in [0.29, 0.717) is 0 Å². The zero-order valence-electron chi connectivity index (χ0n) is 9.21. The van der Waals surface area contributed by atoms with Crippen LogP contribution in [0.15, 0.2) is 0 Å². The molecule has 0 aromatic carbocycles. The number of rotatable bonds is 2. The quantitative estimate of drug-likeness (QED) is 0.716. The van der Waals surface area contributed by atoms with Crippen molar-refractivity contribution in [2.45, 2.75) is 44.7 Å². The van der Waals surface area contributed by atoms with Crippen molar-refractivity contribution in [2.75, 3.05) is 19.6 Å². The van der Waals surface area contributed by atoms with Crippen LogP contribution in [0.3, 0.4) is 0 Å². The lowest BCUT2D eigenvalue weighted by molar-refractivity contribution is 0.0629. The highest BCUT2D eigenvalue weighted by molar-refractivity contribution is 4.99. The fraction of sp³-hybridized carbons (Fsp3) is 1.00. The second-order valence-electron chi connectivity index (χ2n) is 5.32. The number of nitrogens with one attached hydrogen (secondary N) is 1. The molecule has 3 atom stereocenters. The van der Waals surface area contributed by atoms with Crippen LogP contribution in [0.5, 0.6) is 0 Å². The molecular weight excluding hydrogens is 172 g/mol. The van der Waals surface area contributed by atoms with Gasteiger partial charge in [0.25, 0.3) is 0 Å². The minimum Gasteiger partial charge on any atom is -0.316 e. The van der Waals surface area contributed by atoms with Gasteiger partial charge in [-0.05, 0) is 57.2 Å². The Labute approximate surface area is 87.0 Å². The van der Waals surface area contributed by atoms with E-state index in [1.807, 2.05) is 0 Å². The zero-order chi connectivity index (χ0) is 9.54. The van der Waals surface area contributed by atoms with Crippen molar-refractivity contribution in [3.8, 4) is 0 Å². The first-order valence-corrected chi connectivity index (χ1v) is 6.36. The molecule has 0 bridgehead atoms. The van der Waals surface area contributed by atoms with Gasteiger partial charge in [-0.1, -0.05) is 6.92 Å². The highest BCUT2D eigenvalue weighted by Crippen LogP contribution is 2.39. The van der Waals surface area contributed by atoms with Crippen molar-refractivity contribution < 1.29 is 0 Å². The average Bonchev–Trinajstić information content (AvgIpc) is 2.94. The van der Waals surface area contributed by atoms with E-state index in [0.717, 1.165) is 23.9 Å². The molecule has 1 aliphatic carbocycles. The van der Waals surface area contributed by atoms with Gasteiger partial charge in [0.2, 0.25) is 0 Å². The molecule has 0 aromatic rings. The van der Waals surface area contributed by atoms with Gasteiger partial charge in [-0.25, -0.2) is 0 Å². The van der Waals surface area contributed by atoms with E-state index in [9.17, 15) is 0 Å². The number of hydrogen-bond acceptors (Lipinski definition) is 2. The second kappa shape index (κ2) is 3.49. The molecule has 2 aliphatic heterocycles. The van der Waals surface area contributed by atoms with E-state index in [2.05, 4.69) is 17.1 Å². The predicted octanol–water partition coefficient (Wildman–Crippen LogP) is 1.47. The lowest BCUT2D eigenvalue weighted by atomic mass is 9.81. The number of piperidine rings is 1. The maximum atomic E-state index is 3.58. The summed E-state index contributed by atoms with van der Waals surface area (Å²) < 4.78 is 0. The molecule has 2 saturated heterocycles. The van der Waals surface area contributed by atoms with Crippen molar-refractivity contribution >= 4 is 0 Å². The van der Waals surface area contributed by atoms with Crippen LogP contribution in [-0.4, -0.2) is 36.6 Å². The molecule has 80 valence electrons. The summed E-state index contributed by atoms with van der Waals surface area (Å²) in [6.45, 7) is 6.33. The Morgan fingerprint density at radius 1 is 1.21 bits per heavy atom. The molecule has 14 heavy (non-hydrogen) atoms. The van der Waals surface area contributed by atoms with E-state index in [1.165, 1.54) is 45.3 Å². The van der Waals surface area contributed by atoms with Crippen molar-refractivity contribution in [3.05, 3.63) is 0 Å². The van der Waals surface area contributed by atoms with Gasteiger partial charge in [0.1, 0.15) is 0 Å². The van der Waals surface area contributed by atoms with Gasteiger partial charge in [0.15, 0.2) is 0 Å². The third-order valence-electron chi connectivity index (χ3n) is 4.50. The van der Waals surface area contributed by atoms with Crippen LogP contribution >= 0.6 is 0 Å².